The Hall–Kier alpha value is -2.39. The Bertz CT molecular complexity index is 1230. The van der Waals surface area contributed by atoms with E-state index in [9.17, 15) is 9.90 Å². The average molecular weight is 514 g/mol. The number of carbonyl (C=O) groups is 1. The molecule has 0 spiro atoms. The highest BCUT2D eigenvalue weighted by Crippen LogP contribution is 2.67. The van der Waals surface area contributed by atoms with Gasteiger partial charge in [0, 0.05) is 11.1 Å². The zero-order valence-corrected chi connectivity index (χ0v) is 23.3. The third-order valence-corrected chi connectivity index (χ3v) is 11.4. The number of hydrogen-bond acceptors (Lipinski definition) is 3. The van der Waals surface area contributed by atoms with E-state index in [1.165, 1.54) is 31.3 Å². The summed E-state index contributed by atoms with van der Waals surface area (Å²) < 4.78 is 14.5. The summed E-state index contributed by atoms with van der Waals surface area (Å²) in [7, 11) is 0. The predicted octanol–water partition coefficient (Wildman–Crippen LogP) is 7.87. The van der Waals surface area contributed by atoms with Crippen LogP contribution in [0.15, 0.2) is 66.2 Å². The molecule has 202 valence electrons. The highest BCUT2D eigenvalue weighted by Gasteiger charge is 2.59. The number of carbonyl (C=O) groups excluding carboxylic acids is 1. The Balaban J connectivity index is 1.10. The molecule has 3 fully saturated rings. The van der Waals surface area contributed by atoms with Gasteiger partial charge in [-0.05, 0) is 116 Å². The molecule has 2 aromatic rings. The van der Waals surface area contributed by atoms with Crippen molar-refractivity contribution in [1.29, 1.82) is 0 Å². The lowest BCUT2D eigenvalue weighted by atomic mass is 9.47. The molecule has 0 saturated heterocycles. The lowest BCUT2D eigenvalue weighted by Crippen LogP contribution is -2.51. The maximum atomic E-state index is 12.7. The van der Waals surface area contributed by atoms with E-state index in [1.807, 2.05) is 54.6 Å². The van der Waals surface area contributed by atoms with E-state index in [0.717, 1.165) is 30.4 Å². The molecule has 8 atom stereocenters. The van der Waals surface area contributed by atoms with Crippen LogP contribution < -0.4 is 4.74 Å². The van der Waals surface area contributed by atoms with Crippen molar-refractivity contribution in [2.24, 2.45) is 40.4 Å². The van der Waals surface area contributed by atoms with Gasteiger partial charge >= 0.3 is 0 Å². The van der Waals surface area contributed by atoms with Crippen molar-refractivity contribution in [3.63, 3.8) is 0 Å². The molecule has 1 N–H and O–H groups in total. The number of allylic oxidation sites excluding steroid dienone is 1. The van der Waals surface area contributed by atoms with Crippen LogP contribution in [0.5, 0.6) is 5.75 Å². The summed E-state index contributed by atoms with van der Waals surface area (Å²) in [5.41, 5.74) is 3.27. The zero-order valence-electron chi connectivity index (χ0n) is 24.3. The van der Waals surface area contributed by atoms with Crippen LogP contribution in [0.3, 0.4) is 0 Å². The van der Waals surface area contributed by atoms with E-state index in [0.29, 0.717) is 53.7 Å². The fourth-order valence-corrected chi connectivity index (χ4v) is 9.27. The molecular formula is C35H44O3. The molecule has 0 aliphatic heterocycles. The topological polar surface area (TPSA) is 46.5 Å². The summed E-state index contributed by atoms with van der Waals surface area (Å²) in [6.45, 7) is 8.08. The van der Waals surface area contributed by atoms with Crippen LogP contribution >= 0.6 is 0 Å². The van der Waals surface area contributed by atoms with Gasteiger partial charge in [0.1, 0.15) is 5.75 Å². The second kappa shape index (κ2) is 9.97. The van der Waals surface area contributed by atoms with Crippen LogP contribution in [0.1, 0.15) is 89.4 Å². The number of ketones is 1. The standard InChI is InChI=1S/C35H44O3/c1-23(22-38-28-12-9-25(10-13-28)33(37)24-7-5-4-6-8-24)30-15-16-31-29-14-11-26-21-27(36)17-19-34(26,2)32(29)18-20-35(30,31)3/h4-13,23,27,29-32,36H,14-22H2,1-3H3/t23-,27+,29+,30-,31+,32+,34+,35-/m1/s1/i27D. The highest BCUT2D eigenvalue weighted by atomic mass is 16.5. The lowest BCUT2D eigenvalue weighted by Gasteiger charge is -2.58. The number of hydrogen-bond donors (Lipinski definition) is 1. The first-order valence-corrected chi connectivity index (χ1v) is 14.9. The molecule has 6 rings (SSSR count). The SMILES string of the molecule is [2H][C@]1(O)CC[C@@]2(C)C(=CC[C@H]3[C@@H]4CC[C@H]([C@H](C)COc5ccc(C(=O)c6ccccc6)cc5)[C@@]4(C)CC[C@@H]32)C1. The largest absolute Gasteiger partial charge is 0.493 e. The number of fused-ring (bicyclic) bond motifs is 5. The third kappa shape index (κ3) is 4.35. The third-order valence-electron chi connectivity index (χ3n) is 11.4. The van der Waals surface area contributed by atoms with Crippen LogP contribution in [-0.2, 0) is 0 Å². The first-order valence-electron chi connectivity index (χ1n) is 15.4. The lowest BCUT2D eigenvalue weighted by molar-refractivity contribution is -0.0591. The molecule has 3 nitrogen and oxygen atoms in total. The summed E-state index contributed by atoms with van der Waals surface area (Å²) in [4.78, 5) is 12.7. The number of aliphatic hydroxyl groups is 1. The number of ether oxygens (including phenoxy) is 1. The van der Waals surface area contributed by atoms with Gasteiger partial charge in [0.15, 0.2) is 5.78 Å². The number of rotatable bonds is 6. The van der Waals surface area contributed by atoms with Crippen molar-refractivity contribution >= 4 is 5.78 Å². The second-order valence-corrected chi connectivity index (χ2v) is 13.2. The van der Waals surface area contributed by atoms with Crippen molar-refractivity contribution in [1.82, 2.24) is 0 Å². The molecule has 38 heavy (non-hydrogen) atoms. The van der Waals surface area contributed by atoms with Crippen LogP contribution in [0, 0.1) is 40.4 Å². The minimum atomic E-state index is -1.27. The summed E-state index contributed by atoms with van der Waals surface area (Å²) >= 11 is 0. The molecule has 0 unspecified atom stereocenters. The van der Waals surface area contributed by atoms with E-state index in [-0.39, 0.29) is 11.2 Å². The molecule has 3 saturated carbocycles. The fraction of sp³-hybridized carbons (Fsp3) is 0.571. The average Bonchev–Trinajstić information content (AvgIpc) is 3.30. The minimum Gasteiger partial charge on any atom is -0.493 e. The molecule has 0 amide bonds. The van der Waals surface area contributed by atoms with Gasteiger partial charge in [-0.25, -0.2) is 0 Å². The molecule has 2 aromatic carbocycles. The summed E-state index contributed by atoms with van der Waals surface area (Å²) in [5, 5.41) is 10.4. The Morgan fingerprint density at radius 1 is 1.00 bits per heavy atom. The number of benzene rings is 2. The first-order chi connectivity index (χ1) is 18.6. The van der Waals surface area contributed by atoms with Crippen molar-refractivity contribution in [2.75, 3.05) is 6.61 Å². The minimum absolute atomic E-state index is 0.0400. The van der Waals surface area contributed by atoms with Crippen LogP contribution in [0.25, 0.3) is 0 Å². The fourth-order valence-electron chi connectivity index (χ4n) is 9.27. The van der Waals surface area contributed by atoms with Crippen LogP contribution in [-0.4, -0.2) is 23.6 Å². The van der Waals surface area contributed by atoms with Gasteiger partial charge in [-0.1, -0.05) is 62.8 Å². The maximum Gasteiger partial charge on any atom is 0.193 e. The van der Waals surface area contributed by atoms with Crippen molar-refractivity contribution in [3.8, 4) is 5.75 Å². The highest BCUT2D eigenvalue weighted by molar-refractivity contribution is 6.08. The van der Waals surface area contributed by atoms with E-state index in [4.69, 9.17) is 6.11 Å². The van der Waals surface area contributed by atoms with Crippen molar-refractivity contribution < 1.29 is 16.0 Å². The van der Waals surface area contributed by atoms with Crippen LogP contribution in [0.2, 0.25) is 0 Å². The molecular weight excluding hydrogens is 468 g/mol. The zero-order chi connectivity index (χ0) is 27.4. The van der Waals surface area contributed by atoms with Gasteiger partial charge in [0.2, 0.25) is 0 Å². The van der Waals surface area contributed by atoms with E-state index in [2.05, 4.69) is 26.8 Å². The molecule has 0 bridgehead atoms. The normalized spacial score (nSPS) is 39.2. The Labute approximate surface area is 230 Å². The smallest absolute Gasteiger partial charge is 0.193 e. The summed E-state index contributed by atoms with van der Waals surface area (Å²) in [6.07, 6.45) is 9.50. The van der Waals surface area contributed by atoms with Gasteiger partial charge < -0.3 is 9.84 Å². The molecule has 0 heterocycles. The predicted molar refractivity (Wildman–Crippen MR) is 152 cm³/mol. The van der Waals surface area contributed by atoms with E-state index >= 15 is 0 Å². The quantitative estimate of drug-likeness (QED) is 0.316. The molecule has 0 aromatic heterocycles. The summed E-state index contributed by atoms with van der Waals surface area (Å²) in [6, 6.07) is 17.0. The maximum absolute atomic E-state index is 12.7. The van der Waals surface area contributed by atoms with Gasteiger partial charge in [-0.3, -0.25) is 4.79 Å². The van der Waals surface area contributed by atoms with Crippen molar-refractivity contribution in [3.05, 3.63) is 77.4 Å². The van der Waals surface area contributed by atoms with Crippen LogP contribution in [0.4, 0.5) is 0 Å². The Morgan fingerprint density at radius 2 is 1.74 bits per heavy atom. The van der Waals surface area contributed by atoms with Gasteiger partial charge in [0.25, 0.3) is 0 Å². The summed E-state index contributed by atoms with van der Waals surface area (Å²) in [5.74, 6) is 4.16. The van der Waals surface area contributed by atoms with Crippen molar-refractivity contribution in [2.45, 2.75) is 78.2 Å². The first kappa shape index (κ1) is 24.6. The van der Waals surface area contributed by atoms with Gasteiger partial charge in [-0.2, -0.15) is 0 Å². The van der Waals surface area contributed by atoms with E-state index in [1.54, 1.807) is 0 Å². The Morgan fingerprint density at radius 3 is 2.50 bits per heavy atom. The monoisotopic (exact) mass is 513 g/mol. The molecule has 4 aliphatic carbocycles. The van der Waals surface area contributed by atoms with Gasteiger partial charge in [-0.15, -0.1) is 0 Å². The molecule has 3 heteroatoms. The van der Waals surface area contributed by atoms with E-state index < -0.39 is 6.08 Å². The van der Waals surface area contributed by atoms with Gasteiger partial charge in [0.05, 0.1) is 14.1 Å². The molecule has 0 radical (unpaired) electrons. The molecule has 4 aliphatic rings. The Kier molecular flexibility index (Phi) is 6.47. The second-order valence-electron chi connectivity index (χ2n) is 13.2.